The molecule has 2 nitrogen and oxygen atoms in total. The molecule has 206 valence electrons. The highest BCUT2D eigenvalue weighted by atomic mass is 14.9. The van der Waals surface area contributed by atoms with E-state index in [9.17, 15) is 0 Å². The molecule has 5 aromatic carbocycles. The summed E-state index contributed by atoms with van der Waals surface area (Å²) in [6.07, 6.45) is 5.49. The van der Waals surface area contributed by atoms with Crippen LogP contribution in [0.5, 0.6) is 0 Å². The fraction of sp³-hybridized carbons (Fsp3) is 0.100. The number of hydrogen-bond donors (Lipinski definition) is 0. The van der Waals surface area contributed by atoms with Crippen LogP contribution in [0.1, 0.15) is 43.0 Å². The largest absolute Gasteiger partial charge is 0.236 e. The summed E-state index contributed by atoms with van der Waals surface area (Å²) in [4.78, 5) is 9.56. The van der Waals surface area contributed by atoms with Crippen LogP contribution in [0.4, 0.5) is 0 Å². The van der Waals surface area contributed by atoms with Gasteiger partial charge in [0.2, 0.25) is 0 Å². The topological polar surface area (TPSA) is 24.7 Å². The molecular weight excluding hydrogens is 508 g/mol. The van der Waals surface area contributed by atoms with E-state index in [-0.39, 0.29) is 5.41 Å². The summed E-state index contributed by atoms with van der Waals surface area (Å²) in [6, 6.07) is 42.7. The third kappa shape index (κ3) is 6.45. The van der Waals surface area contributed by atoms with Gasteiger partial charge in [-0.3, -0.25) is 0 Å². The van der Waals surface area contributed by atoms with E-state index in [0.29, 0.717) is 11.5 Å². The molecule has 42 heavy (non-hydrogen) atoms. The maximum atomic E-state index is 4.80. The second-order valence-electron chi connectivity index (χ2n) is 11.0. The minimum Gasteiger partial charge on any atom is -0.236 e. The Hall–Kier alpha value is -5.08. The maximum Gasteiger partial charge on any atom is 0.159 e. The van der Waals surface area contributed by atoms with Crippen LogP contribution in [0.2, 0.25) is 0 Å². The van der Waals surface area contributed by atoms with Crippen LogP contribution in [0.25, 0.3) is 21.9 Å². The van der Waals surface area contributed by atoms with E-state index in [1.54, 1.807) is 6.08 Å². The lowest BCUT2D eigenvalue weighted by Gasteiger charge is -2.26. The number of fused-ring (bicyclic) bond motifs is 1. The summed E-state index contributed by atoms with van der Waals surface area (Å²) >= 11 is 0. The van der Waals surface area contributed by atoms with Crippen molar-refractivity contribution in [2.75, 3.05) is 0 Å². The fourth-order valence-corrected chi connectivity index (χ4v) is 4.98. The predicted molar refractivity (Wildman–Crippen MR) is 182 cm³/mol. The molecule has 0 bridgehead atoms. The van der Waals surface area contributed by atoms with Crippen molar-refractivity contribution in [2.45, 2.75) is 26.2 Å². The van der Waals surface area contributed by atoms with Crippen molar-refractivity contribution in [3.05, 3.63) is 180 Å². The van der Waals surface area contributed by atoms with Crippen LogP contribution in [0, 0.1) is 0 Å². The number of allylic oxidation sites excluding steroid dienone is 3. The zero-order chi connectivity index (χ0) is 29.5. The van der Waals surface area contributed by atoms with Gasteiger partial charge in [0, 0.05) is 17.2 Å². The highest BCUT2D eigenvalue weighted by Gasteiger charge is 2.23. The van der Waals surface area contributed by atoms with Gasteiger partial charge in [-0.2, -0.15) is 0 Å². The van der Waals surface area contributed by atoms with Crippen molar-refractivity contribution in [2.24, 2.45) is 9.98 Å². The van der Waals surface area contributed by atoms with Gasteiger partial charge in [0.05, 0.1) is 5.70 Å². The average Bonchev–Trinajstić information content (AvgIpc) is 3.03. The summed E-state index contributed by atoms with van der Waals surface area (Å²) in [5.74, 6) is 0.616. The van der Waals surface area contributed by atoms with E-state index in [2.05, 4.69) is 118 Å². The van der Waals surface area contributed by atoms with Crippen molar-refractivity contribution in [1.29, 1.82) is 0 Å². The molecule has 5 aromatic rings. The van der Waals surface area contributed by atoms with Gasteiger partial charge >= 0.3 is 0 Å². The number of hydrogen-bond acceptors (Lipinski definition) is 1. The highest BCUT2D eigenvalue weighted by Crippen LogP contribution is 2.34. The van der Waals surface area contributed by atoms with Gasteiger partial charge in [0.1, 0.15) is 0 Å². The minimum absolute atomic E-state index is 0.183. The van der Waals surface area contributed by atoms with E-state index in [1.807, 2.05) is 49.5 Å². The molecule has 0 aliphatic carbocycles. The Morgan fingerprint density at radius 2 is 1.29 bits per heavy atom. The molecule has 0 unspecified atom stereocenters. The Morgan fingerprint density at radius 1 is 0.690 bits per heavy atom. The van der Waals surface area contributed by atoms with E-state index in [4.69, 9.17) is 9.98 Å². The Labute approximate surface area is 249 Å². The molecule has 0 saturated heterocycles. The molecule has 5 rings (SSSR count). The van der Waals surface area contributed by atoms with Crippen molar-refractivity contribution in [3.63, 3.8) is 0 Å². The van der Waals surface area contributed by atoms with Crippen molar-refractivity contribution in [1.82, 2.24) is 0 Å². The standard InChI is InChI=1S/C40H36N2/c1-6-12-29(2)30(3)42-39(41-28-31-13-8-7-9-14-31)34-21-25-38(26-22-34)40(4,5)37-23-19-33(20-24-37)36-18-17-32-15-10-11-16-35(32)27-36/h6-28H,1,3H2,2,4-5H3/b29-12+,41-28?,42-39?. The van der Waals surface area contributed by atoms with Crippen molar-refractivity contribution < 1.29 is 0 Å². The van der Waals surface area contributed by atoms with Crippen LogP contribution in [-0.2, 0) is 5.41 Å². The van der Waals surface area contributed by atoms with Crippen LogP contribution >= 0.6 is 0 Å². The summed E-state index contributed by atoms with van der Waals surface area (Å²) in [6.45, 7) is 14.5. The average molecular weight is 545 g/mol. The lowest BCUT2D eigenvalue weighted by molar-refractivity contribution is 0.641. The van der Waals surface area contributed by atoms with Crippen LogP contribution < -0.4 is 0 Å². The van der Waals surface area contributed by atoms with Gasteiger partial charge in [0.15, 0.2) is 5.84 Å². The van der Waals surface area contributed by atoms with Gasteiger partial charge < -0.3 is 0 Å². The normalized spacial score (nSPS) is 12.5. The zero-order valence-electron chi connectivity index (χ0n) is 24.6. The van der Waals surface area contributed by atoms with E-state index in [0.717, 1.165) is 16.7 Å². The van der Waals surface area contributed by atoms with Gasteiger partial charge in [-0.05, 0) is 57.2 Å². The first-order valence-electron chi connectivity index (χ1n) is 14.2. The second-order valence-corrected chi connectivity index (χ2v) is 11.0. The molecule has 0 saturated carbocycles. The van der Waals surface area contributed by atoms with Gasteiger partial charge in [-0.15, -0.1) is 0 Å². The SMILES string of the molecule is C=C/C=C(\C)C(=C)N=C(N=Cc1ccccc1)c1ccc(C(C)(C)c2ccc(-c3ccc4ccccc4c3)cc2)cc1. The smallest absolute Gasteiger partial charge is 0.159 e. The molecule has 2 heteroatoms. The van der Waals surface area contributed by atoms with Crippen molar-refractivity contribution in [3.8, 4) is 11.1 Å². The third-order valence-electron chi connectivity index (χ3n) is 7.75. The lowest BCUT2D eigenvalue weighted by Crippen LogP contribution is -2.19. The molecule has 0 aliphatic heterocycles. The molecular formula is C40H36N2. The van der Waals surface area contributed by atoms with Gasteiger partial charge in [-0.25, -0.2) is 9.98 Å². The number of amidine groups is 1. The Morgan fingerprint density at radius 3 is 1.95 bits per heavy atom. The molecule has 0 radical (unpaired) electrons. The molecule has 0 aromatic heterocycles. The first-order valence-corrected chi connectivity index (χ1v) is 14.2. The summed E-state index contributed by atoms with van der Waals surface area (Å²) in [5.41, 5.74) is 8.29. The molecule has 0 N–H and O–H groups in total. The molecule has 0 aliphatic rings. The predicted octanol–water partition coefficient (Wildman–Crippen LogP) is 10.3. The third-order valence-corrected chi connectivity index (χ3v) is 7.75. The summed E-state index contributed by atoms with van der Waals surface area (Å²) in [5, 5.41) is 2.51. The maximum absolute atomic E-state index is 4.80. The molecule has 0 amide bonds. The van der Waals surface area contributed by atoms with Crippen LogP contribution in [0.3, 0.4) is 0 Å². The minimum atomic E-state index is -0.183. The Bertz CT molecular complexity index is 1800. The summed E-state index contributed by atoms with van der Waals surface area (Å²) < 4.78 is 0. The van der Waals surface area contributed by atoms with E-state index in [1.165, 1.54) is 33.0 Å². The number of aliphatic imine (C=N–C) groups is 2. The molecule has 0 fully saturated rings. The summed E-state index contributed by atoms with van der Waals surface area (Å²) in [7, 11) is 0. The lowest BCUT2D eigenvalue weighted by atomic mass is 9.77. The molecule has 0 atom stereocenters. The van der Waals surface area contributed by atoms with Crippen LogP contribution in [0.15, 0.2) is 168 Å². The quantitative estimate of drug-likeness (QED) is 0.105. The monoisotopic (exact) mass is 544 g/mol. The van der Waals surface area contributed by atoms with Gasteiger partial charge in [-0.1, -0.05) is 154 Å². The van der Waals surface area contributed by atoms with E-state index < -0.39 is 0 Å². The van der Waals surface area contributed by atoms with Crippen LogP contribution in [-0.4, -0.2) is 12.1 Å². The van der Waals surface area contributed by atoms with Gasteiger partial charge in [0.25, 0.3) is 0 Å². The first-order chi connectivity index (χ1) is 20.3. The number of nitrogens with zero attached hydrogens (tertiary/aromatic N) is 2. The first kappa shape index (κ1) is 28.4. The second kappa shape index (κ2) is 12.6. The Balaban J connectivity index is 1.41. The Kier molecular flexibility index (Phi) is 8.55. The number of benzene rings is 5. The number of rotatable bonds is 8. The highest BCUT2D eigenvalue weighted by molar-refractivity contribution is 6.05. The fourth-order valence-electron chi connectivity index (χ4n) is 4.98. The molecule has 0 heterocycles. The zero-order valence-corrected chi connectivity index (χ0v) is 24.6. The molecule has 0 spiro atoms. The van der Waals surface area contributed by atoms with Crippen molar-refractivity contribution >= 4 is 22.8 Å². The van der Waals surface area contributed by atoms with E-state index >= 15 is 0 Å².